The van der Waals surface area contributed by atoms with Gasteiger partial charge in [0.05, 0.1) is 0 Å². The normalized spacial score (nSPS) is 31.2. The lowest BCUT2D eigenvalue weighted by Gasteiger charge is -2.21. The second-order valence-electron chi connectivity index (χ2n) is 5.03. The van der Waals surface area contributed by atoms with Crippen LogP contribution in [0.15, 0.2) is 0 Å². The molecule has 2 fully saturated rings. The van der Waals surface area contributed by atoms with Crippen molar-refractivity contribution in [2.75, 3.05) is 38.6 Å². The van der Waals surface area contributed by atoms with Crippen molar-refractivity contribution >= 4 is 17.5 Å². The third-order valence-electron chi connectivity index (χ3n) is 3.73. The lowest BCUT2D eigenvalue weighted by molar-refractivity contribution is -0.132. The average molecular weight is 245 g/mol. The van der Waals surface area contributed by atoms with Crippen molar-refractivity contribution in [3.8, 4) is 0 Å². The van der Waals surface area contributed by atoms with E-state index in [9.17, 15) is 4.79 Å². The van der Waals surface area contributed by atoms with E-state index in [1.165, 1.54) is 0 Å². The van der Waals surface area contributed by atoms with E-state index in [2.05, 4.69) is 16.7 Å². The monoisotopic (exact) mass is 244 g/mol. The molecule has 1 amide bonds. The number of amides is 1. The zero-order valence-corrected chi connectivity index (χ0v) is 10.7. The quantitative estimate of drug-likeness (QED) is 0.701. The number of carbonyl (C=O) groups is 1. The molecule has 0 N–H and O–H groups in total. The molecule has 16 heavy (non-hydrogen) atoms. The first-order valence-electron chi connectivity index (χ1n) is 6.29. The molecule has 0 bridgehead atoms. The maximum atomic E-state index is 12.1. The molecule has 1 heterocycles. The molecule has 4 heteroatoms. The minimum atomic E-state index is 0.333. The van der Waals surface area contributed by atoms with Crippen LogP contribution in [-0.4, -0.2) is 54.3 Å². The highest BCUT2D eigenvalue weighted by molar-refractivity contribution is 6.18. The van der Waals surface area contributed by atoms with Gasteiger partial charge >= 0.3 is 0 Å². The van der Waals surface area contributed by atoms with Gasteiger partial charge in [0, 0.05) is 38.0 Å². The van der Waals surface area contributed by atoms with Crippen LogP contribution in [0.3, 0.4) is 0 Å². The predicted octanol–water partition coefficient (Wildman–Crippen LogP) is 1.42. The molecule has 1 aliphatic heterocycles. The molecule has 2 unspecified atom stereocenters. The van der Waals surface area contributed by atoms with Gasteiger partial charge in [-0.1, -0.05) is 6.92 Å². The van der Waals surface area contributed by atoms with Gasteiger partial charge in [-0.2, -0.15) is 0 Å². The molecular formula is C12H21ClN2O. The molecule has 0 spiro atoms. The Morgan fingerprint density at radius 1 is 1.31 bits per heavy atom. The van der Waals surface area contributed by atoms with Crippen molar-refractivity contribution in [2.24, 2.45) is 11.8 Å². The fourth-order valence-corrected chi connectivity index (χ4v) is 2.67. The maximum absolute atomic E-state index is 12.1. The number of hydrogen-bond donors (Lipinski definition) is 0. The Balaban J connectivity index is 1.81. The van der Waals surface area contributed by atoms with E-state index in [0.717, 1.165) is 45.6 Å². The van der Waals surface area contributed by atoms with Crippen molar-refractivity contribution in [3.63, 3.8) is 0 Å². The largest absolute Gasteiger partial charge is 0.341 e. The van der Waals surface area contributed by atoms with E-state index in [1.807, 2.05) is 0 Å². The zero-order chi connectivity index (χ0) is 11.5. The summed E-state index contributed by atoms with van der Waals surface area (Å²) in [6.07, 6.45) is 2.18. The minimum absolute atomic E-state index is 0.333. The second-order valence-corrected chi connectivity index (χ2v) is 5.41. The number of nitrogens with zero attached hydrogens (tertiary/aromatic N) is 2. The highest BCUT2D eigenvalue weighted by Gasteiger charge is 2.41. The van der Waals surface area contributed by atoms with E-state index >= 15 is 0 Å². The number of carbonyl (C=O) groups excluding carboxylic acids is 1. The second kappa shape index (κ2) is 5.37. The van der Waals surface area contributed by atoms with Gasteiger partial charge in [-0.15, -0.1) is 11.6 Å². The molecule has 0 aromatic carbocycles. The zero-order valence-electron chi connectivity index (χ0n) is 9.99. The van der Waals surface area contributed by atoms with Gasteiger partial charge in [-0.25, -0.2) is 0 Å². The van der Waals surface area contributed by atoms with Crippen molar-refractivity contribution in [3.05, 3.63) is 0 Å². The standard InChI is InChI=1S/C12H21ClN2O/c1-10-9-11(10)12(16)15-5-2-4-14(6-3-13)7-8-15/h10-11H,2-9H2,1H3. The third kappa shape index (κ3) is 2.89. The summed E-state index contributed by atoms with van der Waals surface area (Å²) in [4.78, 5) is 16.5. The fourth-order valence-electron chi connectivity index (χ4n) is 2.44. The first kappa shape index (κ1) is 12.2. The smallest absolute Gasteiger partial charge is 0.226 e. The van der Waals surface area contributed by atoms with E-state index in [0.29, 0.717) is 23.6 Å². The highest BCUT2D eigenvalue weighted by atomic mass is 35.5. The van der Waals surface area contributed by atoms with Gasteiger partial charge in [0.1, 0.15) is 0 Å². The van der Waals surface area contributed by atoms with E-state index in [1.54, 1.807) is 0 Å². The molecule has 92 valence electrons. The number of alkyl halides is 1. The fraction of sp³-hybridized carbons (Fsp3) is 0.917. The molecule has 0 aromatic heterocycles. The Kier molecular flexibility index (Phi) is 4.09. The Labute approximate surface area is 103 Å². The van der Waals surface area contributed by atoms with Crippen LogP contribution in [0.5, 0.6) is 0 Å². The SMILES string of the molecule is CC1CC1C(=O)N1CCCN(CCCl)CC1. The van der Waals surface area contributed by atoms with Crippen molar-refractivity contribution in [2.45, 2.75) is 19.8 Å². The van der Waals surface area contributed by atoms with E-state index in [-0.39, 0.29) is 0 Å². The minimum Gasteiger partial charge on any atom is -0.341 e. The summed E-state index contributed by atoms with van der Waals surface area (Å²) in [5.41, 5.74) is 0. The molecule has 2 aliphatic rings. The van der Waals surface area contributed by atoms with Gasteiger partial charge in [0.15, 0.2) is 0 Å². The molecule has 0 aromatic rings. The summed E-state index contributed by atoms with van der Waals surface area (Å²) in [6.45, 7) is 7.00. The number of rotatable bonds is 3. The van der Waals surface area contributed by atoms with Crippen LogP contribution in [-0.2, 0) is 4.79 Å². The first-order chi connectivity index (χ1) is 7.72. The molecule has 3 nitrogen and oxygen atoms in total. The lowest BCUT2D eigenvalue weighted by Crippen LogP contribution is -2.36. The molecule has 2 atom stereocenters. The van der Waals surface area contributed by atoms with Crippen molar-refractivity contribution in [1.82, 2.24) is 9.80 Å². The summed E-state index contributed by atoms with van der Waals surface area (Å²) in [6, 6.07) is 0. The molecule has 1 saturated carbocycles. The van der Waals surface area contributed by atoms with E-state index in [4.69, 9.17) is 11.6 Å². The molecule has 1 saturated heterocycles. The Bertz CT molecular complexity index is 259. The predicted molar refractivity (Wildman–Crippen MR) is 65.6 cm³/mol. The van der Waals surface area contributed by atoms with Crippen molar-refractivity contribution < 1.29 is 4.79 Å². The average Bonchev–Trinajstić information content (AvgIpc) is 3.01. The first-order valence-corrected chi connectivity index (χ1v) is 6.83. The Hall–Kier alpha value is -0.280. The van der Waals surface area contributed by atoms with Gasteiger partial charge in [0.25, 0.3) is 0 Å². The lowest BCUT2D eigenvalue weighted by atomic mass is 10.3. The summed E-state index contributed by atoms with van der Waals surface area (Å²) in [5.74, 6) is 2.03. The van der Waals surface area contributed by atoms with Crippen LogP contribution < -0.4 is 0 Å². The summed E-state index contributed by atoms with van der Waals surface area (Å²) in [5, 5.41) is 0. The van der Waals surface area contributed by atoms with Crippen LogP contribution in [0.4, 0.5) is 0 Å². The number of halogens is 1. The van der Waals surface area contributed by atoms with Crippen LogP contribution in [0, 0.1) is 11.8 Å². The summed E-state index contributed by atoms with van der Waals surface area (Å²) < 4.78 is 0. The summed E-state index contributed by atoms with van der Waals surface area (Å²) >= 11 is 5.74. The van der Waals surface area contributed by atoms with Gasteiger partial charge in [-0.05, 0) is 25.3 Å². The van der Waals surface area contributed by atoms with Gasteiger partial charge in [-0.3, -0.25) is 4.79 Å². The van der Waals surface area contributed by atoms with Crippen molar-refractivity contribution in [1.29, 1.82) is 0 Å². The molecular weight excluding hydrogens is 224 g/mol. The molecule has 2 rings (SSSR count). The summed E-state index contributed by atoms with van der Waals surface area (Å²) in [7, 11) is 0. The highest BCUT2D eigenvalue weighted by Crippen LogP contribution is 2.39. The molecule has 1 aliphatic carbocycles. The maximum Gasteiger partial charge on any atom is 0.226 e. The van der Waals surface area contributed by atoms with Gasteiger partial charge < -0.3 is 9.80 Å². The van der Waals surface area contributed by atoms with Crippen LogP contribution in [0.2, 0.25) is 0 Å². The van der Waals surface area contributed by atoms with Crippen LogP contribution in [0.1, 0.15) is 19.8 Å². The van der Waals surface area contributed by atoms with E-state index < -0.39 is 0 Å². The number of hydrogen-bond acceptors (Lipinski definition) is 2. The third-order valence-corrected chi connectivity index (χ3v) is 3.90. The molecule has 0 radical (unpaired) electrons. The topological polar surface area (TPSA) is 23.6 Å². The van der Waals surface area contributed by atoms with Crippen LogP contribution >= 0.6 is 11.6 Å². The van der Waals surface area contributed by atoms with Gasteiger partial charge in [0.2, 0.25) is 5.91 Å². The van der Waals surface area contributed by atoms with Crippen LogP contribution in [0.25, 0.3) is 0 Å². The Morgan fingerprint density at radius 3 is 2.69 bits per heavy atom. The Morgan fingerprint density at radius 2 is 2.06 bits per heavy atom.